The molecule has 206 valence electrons. The topological polar surface area (TPSA) is 86.7 Å². The maximum atomic E-state index is 13.0. The van der Waals surface area contributed by atoms with Crippen molar-refractivity contribution >= 4 is 46.6 Å². The Bertz CT molecular complexity index is 1420. The summed E-state index contributed by atoms with van der Waals surface area (Å²) in [7, 11) is 0. The first-order valence-electron chi connectivity index (χ1n) is 13.4. The van der Waals surface area contributed by atoms with Crippen LogP contribution in [0.4, 0.5) is 0 Å². The first-order chi connectivity index (χ1) is 19.3. The van der Waals surface area contributed by atoms with Gasteiger partial charge in [-0.3, -0.25) is 9.59 Å². The summed E-state index contributed by atoms with van der Waals surface area (Å²) in [4.78, 5) is 39.5. The maximum absolute atomic E-state index is 13.0. The Labute approximate surface area is 243 Å². The number of aliphatic carboxylic acids is 1. The Balaban J connectivity index is 1.16. The van der Waals surface area contributed by atoms with Crippen LogP contribution in [0.2, 0.25) is 10.0 Å². The van der Waals surface area contributed by atoms with E-state index < -0.39 is 17.9 Å². The number of fused-ring (bicyclic) bond motifs is 1. The molecule has 8 heteroatoms. The summed E-state index contributed by atoms with van der Waals surface area (Å²) < 4.78 is 0. The molecule has 0 saturated carbocycles. The Morgan fingerprint density at radius 2 is 1.57 bits per heavy atom. The van der Waals surface area contributed by atoms with E-state index in [1.807, 2.05) is 29.2 Å². The highest BCUT2D eigenvalue weighted by Crippen LogP contribution is 2.30. The molecular weight excluding hydrogens is 547 g/mol. The fourth-order valence-electron chi connectivity index (χ4n) is 5.56. The van der Waals surface area contributed by atoms with Gasteiger partial charge in [0.2, 0.25) is 5.91 Å². The van der Waals surface area contributed by atoms with Crippen LogP contribution >= 0.6 is 23.2 Å². The molecule has 40 heavy (non-hydrogen) atoms. The highest BCUT2D eigenvalue weighted by Gasteiger charge is 2.27. The monoisotopic (exact) mass is 576 g/mol. The zero-order valence-electron chi connectivity index (χ0n) is 21.9. The molecule has 2 N–H and O–H groups in total. The van der Waals surface area contributed by atoms with Crippen molar-refractivity contribution in [3.05, 3.63) is 111 Å². The molecule has 0 radical (unpaired) electrons. The highest BCUT2D eigenvalue weighted by molar-refractivity contribution is 6.39. The van der Waals surface area contributed by atoms with Crippen molar-refractivity contribution in [2.24, 2.45) is 5.92 Å². The van der Waals surface area contributed by atoms with Crippen molar-refractivity contribution in [1.29, 1.82) is 0 Å². The minimum atomic E-state index is -1.15. The lowest BCUT2D eigenvalue weighted by atomic mass is 9.96. The number of carbonyl (C=O) groups is 3. The molecule has 1 aliphatic carbocycles. The van der Waals surface area contributed by atoms with Crippen LogP contribution in [-0.2, 0) is 28.9 Å². The zero-order chi connectivity index (χ0) is 28.2. The highest BCUT2D eigenvalue weighted by atomic mass is 35.5. The van der Waals surface area contributed by atoms with Gasteiger partial charge in [-0.1, -0.05) is 83.9 Å². The fourth-order valence-corrected chi connectivity index (χ4v) is 6.13. The molecule has 2 amide bonds. The number of nitrogens with zero attached hydrogens (tertiary/aromatic N) is 1. The average molecular weight is 578 g/mol. The summed E-state index contributed by atoms with van der Waals surface area (Å²) in [6, 6.07) is 19.6. The molecular formula is C32H30Cl2N2O4. The predicted octanol–water partition coefficient (Wildman–Crippen LogP) is 5.84. The standard InChI is InChI=1S/C32H30Cl2N2O4/c33-26-6-3-7-27(34)30(26)31(38)35-28(32(39)40)18-20-8-10-22(11-9-20)23-12-14-36(15-13-23)29(37)19-21-16-24-4-1-2-5-25(24)17-21/h1-12,21,28H,13-19H2,(H,35,38)(H,39,40)/t28-/m0/s1. The molecule has 6 nitrogen and oxygen atoms in total. The number of carbonyl (C=O) groups excluding carboxylic acids is 2. The number of hydrogen-bond donors (Lipinski definition) is 2. The van der Waals surface area contributed by atoms with Gasteiger partial charge in [-0.05, 0) is 65.1 Å². The molecule has 5 rings (SSSR count). The van der Waals surface area contributed by atoms with E-state index in [-0.39, 0.29) is 27.9 Å². The van der Waals surface area contributed by atoms with Crippen LogP contribution in [-0.4, -0.2) is 46.9 Å². The molecule has 0 aromatic heterocycles. The second-order valence-corrected chi connectivity index (χ2v) is 11.2. The first-order valence-corrected chi connectivity index (χ1v) is 14.1. The van der Waals surface area contributed by atoms with Crippen LogP contribution in [0, 0.1) is 5.92 Å². The third-order valence-corrected chi connectivity index (χ3v) is 8.35. The van der Waals surface area contributed by atoms with Gasteiger partial charge in [-0.25, -0.2) is 4.79 Å². The molecule has 1 atom stereocenters. The minimum absolute atomic E-state index is 0.0533. The van der Waals surface area contributed by atoms with Crippen LogP contribution < -0.4 is 5.32 Å². The Kier molecular flexibility index (Phi) is 8.57. The SMILES string of the molecule is O=C(N[C@@H](Cc1ccc(C2=CCN(C(=O)CC3Cc4ccccc4C3)CC2)cc1)C(=O)O)c1c(Cl)cccc1Cl. The van der Waals surface area contributed by atoms with Crippen molar-refractivity contribution in [3.8, 4) is 0 Å². The molecule has 0 saturated heterocycles. The van der Waals surface area contributed by atoms with Gasteiger partial charge in [0.05, 0.1) is 15.6 Å². The van der Waals surface area contributed by atoms with Crippen molar-refractivity contribution in [2.75, 3.05) is 13.1 Å². The van der Waals surface area contributed by atoms with Crippen molar-refractivity contribution < 1.29 is 19.5 Å². The maximum Gasteiger partial charge on any atom is 0.326 e. The molecule has 1 heterocycles. The predicted molar refractivity (Wildman–Crippen MR) is 157 cm³/mol. The van der Waals surface area contributed by atoms with Crippen LogP contribution in [0.25, 0.3) is 5.57 Å². The molecule has 0 fully saturated rings. The number of benzene rings is 3. The summed E-state index contributed by atoms with van der Waals surface area (Å²) in [6.07, 6.45) is 5.51. The van der Waals surface area contributed by atoms with Gasteiger partial charge in [0.1, 0.15) is 6.04 Å². The number of carboxylic acid groups (broad SMARTS) is 1. The molecule has 3 aromatic rings. The van der Waals surface area contributed by atoms with Crippen molar-refractivity contribution in [3.63, 3.8) is 0 Å². The van der Waals surface area contributed by atoms with Crippen LogP contribution in [0.5, 0.6) is 0 Å². The van der Waals surface area contributed by atoms with E-state index in [2.05, 4.69) is 35.7 Å². The summed E-state index contributed by atoms with van der Waals surface area (Å²) in [5.74, 6) is -1.20. The lowest BCUT2D eigenvalue weighted by Crippen LogP contribution is -2.42. The number of halogens is 2. The minimum Gasteiger partial charge on any atom is -0.480 e. The van der Waals surface area contributed by atoms with E-state index >= 15 is 0 Å². The molecule has 3 aromatic carbocycles. The Morgan fingerprint density at radius 3 is 2.15 bits per heavy atom. The van der Waals surface area contributed by atoms with E-state index in [9.17, 15) is 19.5 Å². The summed E-state index contributed by atoms with van der Waals surface area (Å²) in [5.41, 5.74) is 5.77. The number of rotatable bonds is 8. The van der Waals surface area contributed by atoms with Crippen LogP contribution in [0.1, 0.15) is 45.5 Å². The van der Waals surface area contributed by atoms with E-state index in [0.29, 0.717) is 25.4 Å². The Hall–Kier alpha value is -3.61. The summed E-state index contributed by atoms with van der Waals surface area (Å²) >= 11 is 12.2. The summed E-state index contributed by atoms with van der Waals surface area (Å²) in [5, 5.41) is 12.6. The molecule has 0 unspecified atom stereocenters. The zero-order valence-corrected chi connectivity index (χ0v) is 23.4. The fraction of sp³-hybridized carbons (Fsp3) is 0.281. The first kappa shape index (κ1) is 27.9. The molecule has 0 spiro atoms. The van der Waals surface area contributed by atoms with Crippen LogP contribution in [0.15, 0.2) is 72.8 Å². The second kappa shape index (κ2) is 12.3. The smallest absolute Gasteiger partial charge is 0.326 e. The number of amides is 2. The largest absolute Gasteiger partial charge is 0.480 e. The number of nitrogens with one attached hydrogen (secondary N) is 1. The lowest BCUT2D eigenvalue weighted by Gasteiger charge is -2.28. The quantitative estimate of drug-likeness (QED) is 0.352. The van der Waals surface area contributed by atoms with E-state index in [4.69, 9.17) is 23.2 Å². The molecule has 2 aliphatic rings. The van der Waals surface area contributed by atoms with E-state index in [0.717, 1.165) is 30.4 Å². The molecule has 1 aliphatic heterocycles. The lowest BCUT2D eigenvalue weighted by molar-refractivity contribution is -0.139. The van der Waals surface area contributed by atoms with Crippen molar-refractivity contribution in [2.45, 2.75) is 38.1 Å². The van der Waals surface area contributed by atoms with Gasteiger partial charge >= 0.3 is 5.97 Å². The second-order valence-electron chi connectivity index (χ2n) is 10.4. The van der Waals surface area contributed by atoms with Gasteiger partial charge in [0.15, 0.2) is 0 Å². The van der Waals surface area contributed by atoms with E-state index in [1.54, 1.807) is 6.07 Å². The third kappa shape index (κ3) is 6.40. The average Bonchev–Trinajstić information content (AvgIpc) is 3.35. The molecule has 0 bridgehead atoms. The van der Waals surface area contributed by atoms with Crippen LogP contribution in [0.3, 0.4) is 0 Å². The third-order valence-electron chi connectivity index (χ3n) is 7.72. The van der Waals surface area contributed by atoms with E-state index in [1.165, 1.54) is 28.8 Å². The van der Waals surface area contributed by atoms with Gasteiger partial charge in [-0.15, -0.1) is 0 Å². The van der Waals surface area contributed by atoms with Crippen molar-refractivity contribution in [1.82, 2.24) is 10.2 Å². The van der Waals surface area contributed by atoms with Gasteiger partial charge < -0.3 is 15.3 Å². The van der Waals surface area contributed by atoms with Gasteiger partial charge in [0, 0.05) is 25.9 Å². The van der Waals surface area contributed by atoms with Gasteiger partial charge in [-0.2, -0.15) is 0 Å². The number of hydrogen-bond acceptors (Lipinski definition) is 3. The number of carboxylic acids is 1. The Morgan fingerprint density at radius 1 is 0.925 bits per heavy atom. The summed E-state index contributed by atoms with van der Waals surface area (Å²) in [6.45, 7) is 1.27. The van der Waals surface area contributed by atoms with Gasteiger partial charge in [0.25, 0.3) is 5.91 Å². The normalized spacial score (nSPS) is 15.8.